The van der Waals surface area contributed by atoms with Crippen LogP contribution in [-0.2, 0) is 23.5 Å². The summed E-state index contributed by atoms with van der Waals surface area (Å²) < 4.78 is 29.5. The van der Waals surface area contributed by atoms with Crippen molar-refractivity contribution in [1.29, 1.82) is 0 Å². The zero-order valence-electron chi connectivity index (χ0n) is 12.5. The first-order valence-corrected chi connectivity index (χ1v) is 9.43. The molecule has 0 aliphatic heterocycles. The minimum Gasteiger partial charge on any atom is -0.348 e. The number of aromatic nitrogens is 1. The zero-order chi connectivity index (χ0) is 15.7. The molecule has 0 amide bonds. The van der Waals surface area contributed by atoms with Crippen molar-refractivity contribution in [2.24, 2.45) is 7.05 Å². The third-order valence-corrected chi connectivity index (χ3v) is 6.82. The van der Waals surface area contributed by atoms with Crippen LogP contribution in [0.3, 0.4) is 0 Å². The molecule has 6 heteroatoms. The molecular weight excluding hydrogens is 316 g/mol. The number of thiophene rings is 1. The first kappa shape index (κ1) is 15.3. The van der Waals surface area contributed by atoms with Gasteiger partial charge >= 0.3 is 0 Å². The largest absolute Gasteiger partial charge is 0.348 e. The van der Waals surface area contributed by atoms with E-state index in [0.717, 1.165) is 0 Å². The van der Waals surface area contributed by atoms with Gasteiger partial charge in [0.05, 0.1) is 0 Å². The second-order valence-corrected chi connectivity index (χ2v) is 8.16. The molecule has 0 saturated carbocycles. The van der Waals surface area contributed by atoms with Gasteiger partial charge in [-0.3, -0.25) is 0 Å². The lowest BCUT2D eigenvalue weighted by Crippen LogP contribution is -2.25. The molecule has 3 rings (SSSR count). The van der Waals surface area contributed by atoms with Crippen LogP contribution >= 0.6 is 11.3 Å². The molecule has 116 valence electrons. The van der Waals surface area contributed by atoms with E-state index in [4.69, 9.17) is 0 Å². The van der Waals surface area contributed by atoms with E-state index in [1.165, 1.54) is 33.5 Å². The first-order valence-electron chi connectivity index (χ1n) is 7.07. The maximum Gasteiger partial charge on any atom is 0.250 e. The summed E-state index contributed by atoms with van der Waals surface area (Å²) >= 11 is 1.23. The molecule has 1 aromatic carbocycles. The van der Waals surface area contributed by atoms with Gasteiger partial charge in [0.2, 0.25) is 10.0 Å². The van der Waals surface area contributed by atoms with Gasteiger partial charge in [-0.1, -0.05) is 24.3 Å². The molecule has 22 heavy (non-hydrogen) atoms. The van der Waals surface area contributed by atoms with Crippen LogP contribution < -0.4 is 4.72 Å². The van der Waals surface area contributed by atoms with E-state index in [0.29, 0.717) is 17.2 Å². The SMILES string of the molecule is Cc1c(CCNS(=O)(=O)c2cccs2)c2ccccc2n1C. The van der Waals surface area contributed by atoms with Crippen LogP contribution in [0.25, 0.3) is 10.9 Å². The average molecular weight is 334 g/mol. The van der Waals surface area contributed by atoms with Crippen molar-refractivity contribution in [2.45, 2.75) is 17.6 Å². The molecule has 2 heterocycles. The lowest BCUT2D eigenvalue weighted by molar-refractivity contribution is 0.583. The number of fused-ring (bicyclic) bond motifs is 1. The van der Waals surface area contributed by atoms with Gasteiger partial charge in [0.25, 0.3) is 0 Å². The molecule has 0 spiro atoms. The Morgan fingerprint density at radius 1 is 1.18 bits per heavy atom. The molecule has 0 radical (unpaired) electrons. The zero-order valence-corrected chi connectivity index (χ0v) is 14.2. The highest BCUT2D eigenvalue weighted by molar-refractivity contribution is 7.91. The molecule has 0 fully saturated rings. The third-order valence-electron chi connectivity index (χ3n) is 3.96. The Bertz CT molecular complexity index is 894. The second kappa shape index (κ2) is 5.87. The van der Waals surface area contributed by atoms with Crippen molar-refractivity contribution < 1.29 is 8.42 Å². The Balaban J connectivity index is 1.79. The minimum absolute atomic E-state index is 0.363. The number of rotatable bonds is 5. The summed E-state index contributed by atoms with van der Waals surface area (Å²) in [6.07, 6.45) is 0.678. The van der Waals surface area contributed by atoms with Crippen molar-refractivity contribution in [3.8, 4) is 0 Å². The fourth-order valence-electron chi connectivity index (χ4n) is 2.71. The Labute approximate surface area is 134 Å². The van der Waals surface area contributed by atoms with Crippen LogP contribution in [0.5, 0.6) is 0 Å². The van der Waals surface area contributed by atoms with Gasteiger partial charge in [-0.25, -0.2) is 13.1 Å². The molecule has 2 aromatic heterocycles. The molecular formula is C16H18N2O2S2. The van der Waals surface area contributed by atoms with Crippen LogP contribution in [0.1, 0.15) is 11.3 Å². The number of para-hydroxylation sites is 1. The molecule has 4 nitrogen and oxygen atoms in total. The molecule has 0 saturated heterocycles. The van der Waals surface area contributed by atoms with Crippen LogP contribution in [0.4, 0.5) is 0 Å². The van der Waals surface area contributed by atoms with Gasteiger partial charge in [-0.15, -0.1) is 11.3 Å². The summed E-state index contributed by atoms with van der Waals surface area (Å²) in [6.45, 7) is 2.47. The van der Waals surface area contributed by atoms with Gasteiger partial charge in [0, 0.05) is 30.2 Å². The summed E-state index contributed by atoms with van der Waals surface area (Å²) in [5, 5.41) is 2.96. The predicted octanol–water partition coefficient (Wildman–Crippen LogP) is 3.07. The van der Waals surface area contributed by atoms with Crippen LogP contribution in [0.2, 0.25) is 0 Å². The summed E-state index contributed by atoms with van der Waals surface area (Å²) in [7, 11) is -1.35. The monoisotopic (exact) mass is 334 g/mol. The Morgan fingerprint density at radius 2 is 1.95 bits per heavy atom. The fraction of sp³-hybridized carbons (Fsp3) is 0.250. The lowest BCUT2D eigenvalue weighted by atomic mass is 10.1. The third kappa shape index (κ3) is 2.69. The topological polar surface area (TPSA) is 51.1 Å². The standard InChI is InChI=1S/C16H18N2O2S2/c1-12-13(14-6-3-4-7-15(14)18(12)2)9-10-17-22(19,20)16-8-5-11-21-16/h3-8,11,17H,9-10H2,1-2H3. The van der Waals surface area contributed by atoms with Crippen molar-refractivity contribution in [2.75, 3.05) is 6.54 Å². The van der Waals surface area contributed by atoms with Gasteiger partial charge < -0.3 is 4.57 Å². The summed E-state index contributed by atoms with van der Waals surface area (Å²) in [6, 6.07) is 11.6. The lowest BCUT2D eigenvalue weighted by Gasteiger charge is -2.06. The summed E-state index contributed by atoms with van der Waals surface area (Å²) in [5.74, 6) is 0. The molecule has 0 atom stereocenters. The molecule has 0 aliphatic rings. The molecule has 0 aliphatic carbocycles. The smallest absolute Gasteiger partial charge is 0.250 e. The van der Waals surface area contributed by atoms with Crippen molar-refractivity contribution in [3.63, 3.8) is 0 Å². The van der Waals surface area contributed by atoms with E-state index < -0.39 is 10.0 Å². The normalized spacial score (nSPS) is 12.1. The maximum absolute atomic E-state index is 12.1. The first-order chi connectivity index (χ1) is 10.5. The predicted molar refractivity (Wildman–Crippen MR) is 90.9 cm³/mol. The average Bonchev–Trinajstić information content (AvgIpc) is 3.12. The number of hydrogen-bond acceptors (Lipinski definition) is 3. The Kier molecular flexibility index (Phi) is 4.08. The highest BCUT2D eigenvalue weighted by Crippen LogP contribution is 2.25. The van der Waals surface area contributed by atoms with Crippen LogP contribution in [-0.4, -0.2) is 19.5 Å². The van der Waals surface area contributed by atoms with Crippen molar-refractivity contribution in [3.05, 3.63) is 53.0 Å². The number of nitrogens with zero attached hydrogens (tertiary/aromatic N) is 1. The van der Waals surface area contributed by atoms with E-state index in [9.17, 15) is 8.42 Å². The summed E-state index contributed by atoms with van der Waals surface area (Å²) in [5.41, 5.74) is 3.56. The van der Waals surface area contributed by atoms with Gasteiger partial charge in [-0.05, 0) is 36.4 Å². The van der Waals surface area contributed by atoms with E-state index in [1.54, 1.807) is 17.5 Å². The van der Waals surface area contributed by atoms with E-state index in [-0.39, 0.29) is 0 Å². The van der Waals surface area contributed by atoms with Gasteiger partial charge in [0.15, 0.2) is 0 Å². The molecule has 0 unspecified atom stereocenters. The molecule has 0 bridgehead atoms. The second-order valence-electron chi connectivity index (χ2n) is 5.22. The number of nitrogens with one attached hydrogen (secondary N) is 1. The number of aryl methyl sites for hydroxylation is 1. The van der Waals surface area contributed by atoms with Crippen LogP contribution in [0, 0.1) is 6.92 Å². The highest BCUT2D eigenvalue weighted by atomic mass is 32.2. The van der Waals surface area contributed by atoms with Crippen molar-refractivity contribution in [1.82, 2.24) is 9.29 Å². The summed E-state index contributed by atoms with van der Waals surface area (Å²) in [4.78, 5) is 0. The van der Waals surface area contributed by atoms with E-state index in [1.807, 2.05) is 19.2 Å². The maximum atomic E-state index is 12.1. The number of benzene rings is 1. The van der Waals surface area contributed by atoms with Crippen molar-refractivity contribution >= 4 is 32.3 Å². The molecule has 3 aromatic rings. The van der Waals surface area contributed by atoms with E-state index in [2.05, 4.69) is 28.3 Å². The Hall–Kier alpha value is -1.63. The minimum atomic E-state index is -3.38. The fourth-order valence-corrected chi connectivity index (χ4v) is 4.78. The molecule has 1 N–H and O–H groups in total. The van der Waals surface area contributed by atoms with Crippen LogP contribution in [0.15, 0.2) is 46.0 Å². The Morgan fingerprint density at radius 3 is 2.68 bits per heavy atom. The number of hydrogen-bond donors (Lipinski definition) is 1. The van der Waals surface area contributed by atoms with E-state index >= 15 is 0 Å². The highest BCUT2D eigenvalue weighted by Gasteiger charge is 2.16. The quantitative estimate of drug-likeness (QED) is 0.779. The number of sulfonamides is 1. The van der Waals surface area contributed by atoms with Gasteiger partial charge in [-0.2, -0.15) is 0 Å². The van der Waals surface area contributed by atoms with Gasteiger partial charge in [0.1, 0.15) is 4.21 Å².